The van der Waals surface area contributed by atoms with Crippen LogP contribution < -0.4 is 0 Å². The first-order valence-electron chi connectivity index (χ1n) is 8.63. The van der Waals surface area contributed by atoms with Crippen LogP contribution in [0.1, 0.15) is 97.3 Å². The third-order valence-corrected chi connectivity index (χ3v) is 4.36. The van der Waals surface area contributed by atoms with Gasteiger partial charge in [-0.3, -0.25) is 0 Å². The molecule has 0 bridgehead atoms. The molecule has 1 aromatic rings. The second-order valence-electron chi connectivity index (χ2n) is 6.37. The summed E-state index contributed by atoms with van der Waals surface area (Å²) in [5, 5.41) is 0. The first-order chi connectivity index (χ1) is 9.73. The summed E-state index contributed by atoms with van der Waals surface area (Å²) in [6.07, 6.45) is 17.9. The quantitative estimate of drug-likeness (QED) is 0.422. The lowest BCUT2D eigenvalue weighted by molar-refractivity contribution is 0.287. The summed E-state index contributed by atoms with van der Waals surface area (Å²) >= 11 is 0. The van der Waals surface area contributed by atoms with Gasteiger partial charge in [-0.2, -0.15) is 0 Å². The molecule has 1 rings (SSSR count). The van der Waals surface area contributed by atoms with Gasteiger partial charge in [0, 0.05) is 5.41 Å². The Bertz CT molecular complexity index is 320. The molecule has 0 saturated carbocycles. The number of aromatic nitrogens is 1. The average Bonchev–Trinajstić information content (AvgIpc) is 2.98. The van der Waals surface area contributed by atoms with E-state index in [0.29, 0.717) is 0 Å². The molecule has 0 N–H and O–H groups in total. The van der Waals surface area contributed by atoms with Crippen molar-refractivity contribution < 1.29 is 4.42 Å². The van der Waals surface area contributed by atoms with Crippen molar-refractivity contribution in [3.63, 3.8) is 0 Å². The predicted octanol–water partition coefficient (Wildman–Crippen LogP) is 6.26. The van der Waals surface area contributed by atoms with E-state index in [1.54, 1.807) is 12.5 Å². The van der Waals surface area contributed by atoms with Crippen molar-refractivity contribution in [1.82, 2.24) is 4.98 Å². The van der Waals surface area contributed by atoms with Crippen LogP contribution in [0.5, 0.6) is 0 Å². The first kappa shape index (κ1) is 17.3. The molecular weight excluding hydrogens is 246 g/mol. The van der Waals surface area contributed by atoms with Crippen LogP contribution in [0.3, 0.4) is 0 Å². The van der Waals surface area contributed by atoms with Crippen molar-refractivity contribution in [3.05, 3.63) is 18.4 Å². The van der Waals surface area contributed by atoms with Gasteiger partial charge in [0.25, 0.3) is 0 Å². The van der Waals surface area contributed by atoms with Gasteiger partial charge in [-0.1, -0.05) is 78.6 Å². The lowest BCUT2D eigenvalue weighted by Gasteiger charge is -2.26. The van der Waals surface area contributed by atoms with E-state index in [0.717, 1.165) is 5.89 Å². The normalized spacial score (nSPS) is 14.3. The maximum absolute atomic E-state index is 5.62. The maximum Gasteiger partial charge on any atom is 0.199 e. The minimum absolute atomic E-state index is 0.142. The van der Waals surface area contributed by atoms with Crippen LogP contribution in [0.2, 0.25) is 0 Å². The van der Waals surface area contributed by atoms with Crippen LogP contribution >= 0.6 is 0 Å². The molecule has 2 heteroatoms. The number of hydrogen-bond acceptors (Lipinski definition) is 2. The van der Waals surface area contributed by atoms with Gasteiger partial charge in [-0.15, -0.1) is 0 Å². The highest BCUT2D eigenvalue weighted by molar-refractivity contribution is 5.02. The fourth-order valence-electron chi connectivity index (χ4n) is 2.92. The van der Waals surface area contributed by atoms with E-state index < -0.39 is 0 Å². The topological polar surface area (TPSA) is 26.0 Å². The van der Waals surface area contributed by atoms with E-state index in [9.17, 15) is 0 Å². The van der Waals surface area contributed by atoms with Crippen molar-refractivity contribution in [2.24, 2.45) is 0 Å². The summed E-state index contributed by atoms with van der Waals surface area (Å²) in [6, 6.07) is 0. The Balaban J connectivity index is 2.43. The van der Waals surface area contributed by atoms with Gasteiger partial charge in [-0.05, 0) is 12.8 Å². The van der Waals surface area contributed by atoms with Crippen LogP contribution in [0.4, 0.5) is 0 Å². The Morgan fingerprint density at radius 2 is 1.45 bits per heavy atom. The Labute approximate surface area is 125 Å². The largest absolute Gasteiger partial charge is 0.448 e. The van der Waals surface area contributed by atoms with Crippen molar-refractivity contribution >= 4 is 0 Å². The molecule has 20 heavy (non-hydrogen) atoms. The molecule has 1 heterocycles. The molecule has 116 valence electrons. The second-order valence-corrected chi connectivity index (χ2v) is 6.37. The fraction of sp³-hybridized carbons (Fsp3) is 0.833. The van der Waals surface area contributed by atoms with Crippen LogP contribution in [-0.2, 0) is 5.41 Å². The van der Waals surface area contributed by atoms with Gasteiger partial charge >= 0.3 is 0 Å². The molecule has 1 atom stereocenters. The summed E-state index contributed by atoms with van der Waals surface area (Å²) < 4.78 is 5.62. The monoisotopic (exact) mass is 279 g/mol. The van der Waals surface area contributed by atoms with E-state index in [4.69, 9.17) is 4.42 Å². The van der Waals surface area contributed by atoms with Crippen LogP contribution in [0.25, 0.3) is 0 Å². The first-order valence-corrected chi connectivity index (χ1v) is 8.63. The molecule has 0 aliphatic carbocycles. The van der Waals surface area contributed by atoms with Gasteiger partial charge in [-0.25, -0.2) is 4.98 Å². The standard InChI is InChI=1S/C18H33NO/c1-4-6-8-10-12-14-18(3,13-11-9-7-5-2)17-19-15-16-20-17/h15-16H,4-14H2,1-3H3. The second kappa shape index (κ2) is 10.0. The minimum Gasteiger partial charge on any atom is -0.448 e. The molecule has 1 unspecified atom stereocenters. The van der Waals surface area contributed by atoms with Gasteiger partial charge in [0.15, 0.2) is 5.89 Å². The predicted molar refractivity (Wildman–Crippen MR) is 86.0 cm³/mol. The molecule has 0 spiro atoms. The molecular formula is C18H33NO. The molecule has 1 aromatic heterocycles. The third-order valence-electron chi connectivity index (χ3n) is 4.36. The number of rotatable bonds is 12. The van der Waals surface area contributed by atoms with Crippen molar-refractivity contribution in [2.45, 2.75) is 96.8 Å². The average molecular weight is 279 g/mol. The van der Waals surface area contributed by atoms with Crippen LogP contribution in [0.15, 0.2) is 16.9 Å². The molecule has 0 saturated heterocycles. The highest BCUT2D eigenvalue weighted by Gasteiger charge is 2.30. The highest BCUT2D eigenvalue weighted by Crippen LogP contribution is 2.34. The zero-order chi connectivity index (χ0) is 14.7. The zero-order valence-corrected chi connectivity index (χ0v) is 13.8. The number of hydrogen-bond donors (Lipinski definition) is 0. The molecule has 2 nitrogen and oxygen atoms in total. The lowest BCUT2D eigenvalue weighted by Crippen LogP contribution is -2.22. The highest BCUT2D eigenvalue weighted by atomic mass is 16.3. The van der Waals surface area contributed by atoms with E-state index in [1.807, 2.05) is 0 Å². The third kappa shape index (κ3) is 6.11. The van der Waals surface area contributed by atoms with Crippen molar-refractivity contribution in [1.29, 1.82) is 0 Å². The fourth-order valence-corrected chi connectivity index (χ4v) is 2.92. The van der Waals surface area contributed by atoms with E-state index >= 15 is 0 Å². The Hall–Kier alpha value is -0.790. The SMILES string of the molecule is CCCCCCCC(C)(CCCCCC)c1ncco1. The van der Waals surface area contributed by atoms with Gasteiger partial charge in [0.2, 0.25) is 0 Å². The Morgan fingerprint density at radius 3 is 1.95 bits per heavy atom. The molecule has 0 aromatic carbocycles. The summed E-state index contributed by atoms with van der Waals surface area (Å²) in [6.45, 7) is 6.87. The molecule has 0 fully saturated rings. The molecule has 0 amide bonds. The Morgan fingerprint density at radius 1 is 0.900 bits per heavy atom. The summed E-state index contributed by atoms with van der Waals surface area (Å²) in [5.74, 6) is 0.949. The lowest BCUT2D eigenvalue weighted by atomic mass is 9.79. The maximum atomic E-state index is 5.62. The Kier molecular flexibility index (Phi) is 8.64. The smallest absolute Gasteiger partial charge is 0.199 e. The van der Waals surface area contributed by atoms with E-state index in [-0.39, 0.29) is 5.41 Å². The van der Waals surface area contributed by atoms with E-state index in [1.165, 1.54) is 70.6 Å². The summed E-state index contributed by atoms with van der Waals surface area (Å²) in [5.41, 5.74) is 0.142. The molecule has 0 aliphatic heterocycles. The van der Waals surface area contributed by atoms with Crippen LogP contribution in [-0.4, -0.2) is 4.98 Å². The minimum atomic E-state index is 0.142. The van der Waals surface area contributed by atoms with Crippen LogP contribution in [0, 0.1) is 0 Å². The molecule has 0 aliphatic rings. The van der Waals surface area contributed by atoms with Crippen molar-refractivity contribution in [3.8, 4) is 0 Å². The number of nitrogens with zero attached hydrogens (tertiary/aromatic N) is 1. The van der Waals surface area contributed by atoms with Gasteiger partial charge in [0.05, 0.1) is 6.20 Å². The van der Waals surface area contributed by atoms with Gasteiger partial charge in [0.1, 0.15) is 6.26 Å². The number of unbranched alkanes of at least 4 members (excludes halogenated alkanes) is 7. The summed E-state index contributed by atoms with van der Waals surface area (Å²) in [4.78, 5) is 4.44. The van der Waals surface area contributed by atoms with Crippen molar-refractivity contribution in [2.75, 3.05) is 0 Å². The van der Waals surface area contributed by atoms with Gasteiger partial charge < -0.3 is 4.42 Å². The zero-order valence-electron chi connectivity index (χ0n) is 13.8. The summed E-state index contributed by atoms with van der Waals surface area (Å²) in [7, 11) is 0. The van der Waals surface area contributed by atoms with E-state index in [2.05, 4.69) is 25.8 Å². The molecule has 0 radical (unpaired) electrons. The number of oxazole rings is 1.